The molecule has 0 fully saturated rings. The molecule has 1 heterocycles. The predicted molar refractivity (Wildman–Crippen MR) is 110 cm³/mol. The number of rotatable bonds is 6. The lowest BCUT2D eigenvalue weighted by Crippen LogP contribution is -2.33. The van der Waals surface area contributed by atoms with E-state index >= 15 is 0 Å². The molecule has 3 rings (SSSR count). The van der Waals surface area contributed by atoms with Gasteiger partial charge in [-0.15, -0.1) is 0 Å². The standard InChI is InChI=1S/C20H19Cl2N3O3/c1-3-8-25(20(27)15-9-12(21)5-7-17(15)28-2)11-18-23-16-10-13(22)4-6-14(16)19(26)24-18/h4-7,9-10H,3,8,11H2,1-2H3,(H,23,24,26). The first-order valence-corrected chi connectivity index (χ1v) is 9.49. The van der Waals surface area contributed by atoms with Crippen molar-refractivity contribution in [2.75, 3.05) is 13.7 Å². The maximum absolute atomic E-state index is 13.1. The van der Waals surface area contributed by atoms with Crippen molar-refractivity contribution in [2.45, 2.75) is 19.9 Å². The molecule has 2 aromatic carbocycles. The summed E-state index contributed by atoms with van der Waals surface area (Å²) in [5, 5.41) is 1.37. The average Bonchev–Trinajstić information content (AvgIpc) is 2.66. The number of carbonyl (C=O) groups is 1. The number of H-pyrrole nitrogens is 1. The van der Waals surface area contributed by atoms with Crippen LogP contribution >= 0.6 is 23.2 Å². The van der Waals surface area contributed by atoms with Gasteiger partial charge in [-0.25, -0.2) is 4.98 Å². The Morgan fingerprint density at radius 3 is 2.61 bits per heavy atom. The molecule has 0 spiro atoms. The van der Waals surface area contributed by atoms with Crippen molar-refractivity contribution < 1.29 is 9.53 Å². The maximum atomic E-state index is 13.1. The summed E-state index contributed by atoms with van der Waals surface area (Å²) < 4.78 is 5.30. The van der Waals surface area contributed by atoms with Crippen LogP contribution < -0.4 is 10.3 Å². The fourth-order valence-electron chi connectivity index (χ4n) is 2.96. The zero-order chi connectivity index (χ0) is 20.3. The van der Waals surface area contributed by atoms with Crippen LogP contribution in [0.3, 0.4) is 0 Å². The molecule has 1 amide bonds. The van der Waals surface area contributed by atoms with Crippen LogP contribution in [0, 0.1) is 0 Å². The topological polar surface area (TPSA) is 75.3 Å². The first kappa shape index (κ1) is 20.2. The largest absolute Gasteiger partial charge is 0.496 e. The van der Waals surface area contributed by atoms with E-state index in [2.05, 4.69) is 9.97 Å². The number of hydrogen-bond donors (Lipinski definition) is 1. The van der Waals surface area contributed by atoms with Gasteiger partial charge in [0.2, 0.25) is 0 Å². The summed E-state index contributed by atoms with van der Waals surface area (Å²) in [6.07, 6.45) is 0.734. The lowest BCUT2D eigenvalue weighted by Gasteiger charge is -2.23. The first-order chi connectivity index (χ1) is 13.4. The molecule has 1 aromatic heterocycles. The predicted octanol–water partition coefficient (Wildman–Crippen LogP) is 4.29. The fourth-order valence-corrected chi connectivity index (χ4v) is 3.30. The van der Waals surface area contributed by atoms with Crippen molar-refractivity contribution in [2.24, 2.45) is 0 Å². The molecule has 146 valence electrons. The Balaban J connectivity index is 1.97. The fraction of sp³-hybridized carbons (Fsp3) is 0.250. The summed E-state index contributed by atoms with van der Waals surface area (Å²) in [7, 11) is 1.50. The number of nitrogens with zero attached hydrogens (tertiary/aromatic N) is 2. The third-order valence-corrected chi connectivity index (χ3v) is 4.70. The molecule has 0 aliphatic carbocycles. The lowest BCUT2D eigenvalue weighted by molar-refractivity contribution is 0.0735. The Kier molecular flexibility index (Phi) is 6.21. The smallest absolute Gasteiger partial charge is 0.258 e. The highest BCUT2D eigenvalue weighted by atomic mass is 35.5. The van der Waals surface area contributed by atoms with Gasteiger partial charge >= 0.3 is 0 Å². The number of halogens is 2. The van der Waals surface area contributed by atoms with Crippen molar-refractivity contribution in [3.05, 3.63) is 68.2 Å². The van der Waals surface area contributed by atoms with Crippen LogP contribution in [-0.2, 0) is 6.54 Å². The number of aromatic nitrogens is 2. The molecule has 0 saturated heterocycles. The number of nitrogens with one attached hydrogen (secondary N) is 1. The third-order valence-electron chi connectivity index (χ3n) is 4.23. The van der Waals surface area contributed by atoms with Crippen molar-refractivity contribution in [1.82, 2.24) is 14.9 Å². The Bertz CT molecular complexity index is 1080. The summed E-state index contributed by atoms with van der Waals surface area (Å²) in [6.45, 7) is 2.58. The molecule has 3 aromatic rings. The minimum atomic E-state index is -0.277. The molecule has 0 unspecified atom stereocenters. The zero-order valence-corrected chi connectivity index (χ0v) is 17.0. The Labute approximate surface area is 172 Å². The summed E-state index contributed by atoms with van der Waals surface area (Å²) in [6, 6.07) is 9.77. The number of methoxy groups -OCH3 is 1. The third kappa shape index (κ3) is 4.29. The normalized spacial score (nSPS) is 10.9. The van der Waals surface area contributed by atoms with Crippen molar-refractivity contribution in [3.8, 4) is 5.75 Å². The van der Waals surface area contributed by atoms with E-state index in [1.165, 1.54) is 7.11 Å². The van der Waals surface area contributed by atoms with E-state index in [1.54, 1.807) is 41.3 Å². The average molecular weight is 420 g/mol. The van der Waals surface area contributed by atoms with Crippen LogP contribution in [0.25, 0.3) is 10.9 Å². The van der Waals surface area contributed by atoms with Gasteiger partial charge in [0.25, 0.3) is 11.5 Å². The van der Waals surface area contributed by atoms with Crippen molar-refractivity contribution in [1.29, 1.82) is 0 Å². The number of ether oxygens (including phenoxy) is 1. The van der Waals surface area contributed by atoms with E-state index in [0.29, 0.717) is 44.6 Å². The molecule has 28 heavy (non-hydrogen) atoms. The highest BCUT2D eigenvalue weighted by Crippen LogP contribution is 2.25. The van der Waals surface area contributed by atoms with Crippen LogP contribution in [0.5, 0.6) is 5.75 Å². The zero-order valence-electron chi connectivity index (χ0n) is 15.5. The second-order valence-corrected chi connectivity index (χ2v) is 7.12. The minimum absolute atomic E-state index is 0.139. The maximum Gasteiger partial charge on any atom is 0.258 e. The van der Waals surface area contributed by atoms with Crippen molar-refractivity contribution in [3.63, 3.8) is 0 Å². The SMILES string of the molecule is CCCN(Cc1nc2cc(Cl)ccc2c(=O)[nH]1)C(=O)c1cc(Cl)ccc1OC. The van der Waals surface area contributed by atoms with Crippen LogP contribution in [-0.4, -0.2) is 34.4 Å². The van der Waals surface area contributed by atoms with Gasteiger partial charge in [0, 0.05) is 16.6 Å². The molecule has 0 saturated carbocycles. The molecule has 0 aliphatic heterocycles. The molecular formula is C20H19Cl2N3O3. The highest BCUT2D eigenvalue weighted by Gasteiger charge is 2.21. The summed E-state index contributed by atoms with van der Waals surface area (Å²) in [5.41, 5.74) is 0.561. The summed E-state index contributed by atoms with van der Waals surface area (Å²) in [4.78, 5) is 34.3. The monoisotopic (exact) mass is 419 g/mol. The number of amides is 1. The Morgan fingerprint density at radius 2 is 1.89 bits per heavy atom. The number of aromatic amines is 1. The van der Waals surface area contributed by atoms with Gasteiger partial charge < -0.3 is 14.6 Å². The highest BCUT2D eigenvalue weighted by molar-refractivity contribution is 6.31. The number of hydrogen-bond acceptors (Lipinski definition) is 4. The summed E-state index contributed by atoms with van der Waals surface area (Å²) >= 11 is 12.1. The molecule has 0 bridgehead atoms. The lowest BCUT2D eigenvalue weighted by atomic mass is 10.1. The molecule has 6 nitrogen and oxygen atoms in total. The second-order valence-electron chi connectivity index (χ2n) is 6.25. The van der Waals surface area contributed by atoms with Crippen LogP contribution in [0.15, 0.2) is 41.2 Å². The van der Waals surface area contributed by atoms with Crippen molar-refractivity contribution >= 4 is 40.0 Å². The van der Waals surface area contributed by atoms with Gasteiger partial charge in [0.15, 0.2) is 0 Å². The molecule has 0 atom stereocenters. The molecule has 0 aliphatic rings. The van der Waals surface area contributed by atoms with E-state index in [9.17, 15) is 9.59 Å². The van der Waals surface area contributed by atoms with Gasteiger partial charge in [0.1, 0.15) is 11.6 Å². The Morgan fingerprint density at radius 1 is 1.18 bits per heavy atom. The van der Waals surface area contributed by atoms with Gasteiger partial charge in [0.05, 0.1) is 30.1 Å². The second kappa shape index (κ2) is 8.63. The van der Waals surface area contributed by atoms with E-state index in [1.807, 2.05) is 6.92 Å². The van der Waals surface area contributed by atoms with E-state index in [0.717, 1.165) is 6.42 Å². The van der Waals surface area contributed by atoms with E-state index in [4.69, 9.17) is 27.9 Å². The van der Waals surface area contributed by atoms with Gasteiger partial charge in [-0.2, -0.15) is 0 Å². The molecule has 8 heteroatoms. The van der Waals surface area contributed by atoms with Gasteiger partial charge in [-0.3, -0.25) is 9.59 Å². The van der Waals surface area contributed by atoms with Crippen LogP contribution in [0.1, 0.15) is 29.5 Å². The quantitative estimate of drug-likeness (QED) is 0.646. The number of benzene rings is 2. The summed E-state index contributed by atoms with van der Waals surface area (Å²) in [5.74, 6) is 0.555. The van der Waals surface area contributed by atoms with Gasteiger partial charge in [-0.1, -0.05) is 30.1 Å². The molecule has 1 N–H and O–H groups in total. The molecule has 0 radical (unpaired) electrons. The number of fused-ring (bicyclic) bond motifs is 1. The first-order valence-electron chi connectivity index (χ1n) is 8.74. The number of carbonyl (C=O) groups excluding carboxylic acids is 1. The van der Waals surface area contributed by atoms with Crippen LogP contribution in [0.4, 0.5) is 0 Å². The minimum Gasteiger partial charge on any atom is -0.496 e. The Hall–Kier alpha value is -2.57. The van der Waals surface area contributed by atoms with Crippen LogP contribution in [0.2, 0.25) is 10.0 Å². The van der Waals surface area contributed by atoms with E-state index < -0.39 is 0 Å². The molecular weight excluding hydrogens is 401 g/mol. The van der Waals surface area contributed by atoms with Gasteiger partial charge in [-0.05, 0) is 42.8 Å². The van der Waals surface area contributed by atoms with E-state index in [-0.39, 0.29) is 18.0 Å².